The van der Waals surface area contributed by atoms with E-state index in [1.54, 1.807) is 16.8 Å². The van der Waals surface area contributed by atoms with Crippen LogP contribution in [-0.2, 0) is 12.7 Å². The lowest BCUT2D eigenvalue weighted by Gasteiger charge is -2.12. The Morgan fingerprint density at radius 1 is 1.20 bits per heavy atom. The Kier molecular flexibility index (Phi) is 3.53. The molecule has 0 amide bonds. The van der Waals surface area contributed by atoms with Gasteiger partial charge in [0.1, 0.15) is 0 Å². The van der Waals surface area contributed by atoms with Crippen LogP contribution >= 0.6 is 11.3 Å². The largest absolute Gasteiger partial charge is 0.419 e. The van der Waals surface area contributed by atoms with Gasteiger partial charge < -0.3 is 14.8 Å². The van der Waals surface area contributed by atoms with Crippen molar-refractivity contribution in [3.8, 4) is 10.8 Å². The van der Waals surface area contributed by atoms with Crippen LogP contribution in [0.2, 0.25) is 0 Å². The number of thiophene rings is 1. The van der Waals surface area contributed by atoms with Crippen molar-refractivity contribution in [3.63, 3.8) is 0 Å². The van der Waals surface area contributed by atoms with E-state index >= 15 is 0 Å². The van der Waals surface area contributed by atoms with Crippen molar-refractivity contribution < 1.29 is 17.7 Å². The SMILES string of the molecule is Nc1ccc2c(ccn2Cc2noc(-c3cccs3)n2)c1C(F)(F)F. The van der Waals surface area contributed by atoms with Crippen LogP contribution in [0.15, 0.2) is 46.4 Å². The maximum absolute atomic E-state index is 13.2. The molecular weight excluding hydrogens is 353 g/mol. The lowest BCUT2D eigenvalue weighted by atomic mass is 10.1. The first kappa shape index (κ1) is 15.7. The highest BCUT2D eigenvalue weighted by molar-refractivity contribution is 7.13. The number of benzene rings is 1. The van der Waals surface area contributed by atoms with Crippen LogP contribution in [0.5, 0.6) is 0 Å². The van der Waals surface area contributed by atoms with Gasteiger partial charge in [0.05, 0.1) is 17.0 Å². The Morgan fingerprint density at radius 2 is 2.04 bits per heavy atom. The minimum atomic E-state index is -4.52. The number of fused-ring (bicyclic) bond motifs is 1. The minimum Gasteiger partial charge on any atom is -0.398 e. The van der Waals surface area contributed by atoms with Gasteiger partial charge in [-0.25, -0.2) is 0 Å². The molecule has 0 saturated heterocycles. The molecule has 25 heavy (non-hydrogen) atoms. The second-order valence-electron chi connectivity index (χ2n) is 5.40. The van der Waals surface area contributed by atoms with E-state index in [1.165, 1.54) is 23.5 Å². The summed E-state index contributed by atoms with van der Waals surface area (Å²) in [6, 6.07) is 7.93. The van der Waals surface area contributed by atoms with Gasteiger partial charge in [0, 0.05) is 22.8 Å². The molecule has 128 valence electrons. The van der Waals surface area contributed by atoms with Crippen molar-refractivity contribution in [2.75, 3.05) is 5.73 Å². The monoisotopic (exact) mass is 364 g/mol. The van der Waals surface area contributed by atoms with Crippen LogP contribution in [0.1, 0.15) is 11.4 Å². The highest BCUT2D eigenvalue weighted by atomic mass is 32.1. The second kappa shape index (κ2) is 5.62. The van der Waals surface area contributed by atoms with E-state index in [9.17, 15) is 13.2 Å². The van der Waals surface area contributed by atoms with Crippen LogP contribution in [0.3, 0.4) is 0 Å². The first-order valence-corrected chi connectivity index (χ1v) is 8.12. The molecule has 0 saturated carbocycles. The molecule has 0 fully saturated rings. The average Bonchev–Trinajstić information content (AvgIpc) is 3.26. The van der Waals surface area contributed by atoms with Gasteiger partial charge in [-0.2, -0.15) is 18.2 Å². The summed E-state index contributed by atoms with van der Waals surface area (Å²) in [6.07, 6.45) is -2.96. The van der Waals surface area contributed by atoms with Crippen molar-refractivity contribution >= 4 is 27.9 Å². The summed E-state index contributed by atoms with van der Waals surface area (Å²) in [4.78, 5) is 5.12. The molecule has 3 heterocycles. The molecule has 0 radical (unpaired) electrons. The lowest BCUT2D eigenvalue weighted by Crippen LogP contribution is -2.09. The van der Waals surface area contributed by atoms with Gasteiger partial charge in [-0.1, -0.05) is 11.2 Å². The van der Waals surface area contributed by atoms with Crippen molar-refractivity contribution in [2.45, 2.75) is 12.7 Å². The normalized spacial score (nSPS) is 12.1. The Hall–Kier alpha value is -2.81. The molecule has 3 aromatic heterocycles. The van der Waals surface area contributed by atoms with E-state index in [-0.39, 0.29) is 17.6 Å². The number of nitrogens with two attached hydrogens (primary N) is 1. The summed E-state index contributed by atoms with van der Waals surface area (Å²) < 4.78 is 46.6. The molecule has 0 aliphatic rings. The summed E-state index contributed by atoms with van der Waals surface area (Å²) in [5.41, 5.74) is 4.81. The van der Waals surface area contributed by atoms with Crippen LogP contribution in [0.25, 0.3) is 21.7 Å². The Bertz CT molecular complexity index is 1030. The predicted molar refractivity (Wildman–Crippen MR) is 88.1 cm³/mol. The third-order valence-corrected chi connectivity index (χ3v) is 4.64. The molecule has 0 aliphatic heterocycles. The first-order valence-electron chi connectivity index (χ1n) is 7.24. The van der Waals surface area contributed by atoms with Gasteiger partial charge in [-0.05, 0) is 29.6 Å². The molecule has 0 bridgehead atoms. The zero-order chi connectivity index (χ0) is 17.6. The van der Waals surface area contributed by atoms with Gasteiger partial charge in [0.25, 0.3) is 5.89 Å². The van der Waals surface area contributed by atoms with Gasteiger partial charge in [0.2, 0.25) is 0 Å². The van der Waals surface area contributed by atoms with Crippen molar-refractivity contribution in [1.82, 2.24) is 14.7 Å². The van der Waals surface area contributed by atoms with Gasteiger partial charge >= 0.3 is 6.18 Å². The molecule has 0 spiro atoms. The molecular formula is C16H11F3N4OS. The Morgan fingerprint density at radius 3 is 2.76 bits per heavy atom. The smallest absolute Gasteiger partial charge is 0.398 e. The molecule has 4 rings (SSSR count). The number of alkyl halides is 3. The van der Waals surface area contributed by atoms with E-state index in [1.807, 2.05) is 17.5 Å². The molecule has 2 N–H and O–H groups in total. The molecule has 0 aliphatic carbocycles. The lowest BCUT2D eigenvalue weighted by molar-refractivity contribution is -0.135. The minimum absolute atomic E-state index is 0.0504. The van der Waals surface area contributed by atoms with Gasteiger partial charge in [-0.3, -0.25) is 0 Å². The van der Waals surface area contributed by atoms with Crippen LogP contribution in [0.4, 0.5) is 18.9 Å². The van der Waals surface area contributed by atoms with E-state index in [4.69, 9.17) is 10.3 Å². The topological polar surface area (TPSA) is 69.9 Å². The van der Waals surface area contributed by atoms with Gasteiger partial charge in [-0.15, -0.1) is 11.3 Å². The summed E-state index contributed by atoms with van der Waals surface area (Å²) in [7, 11) is 0. The van der Waals surface area contributed by atoms with E-state index in [0.717, 1.165) is 4.88 Å². The third-order valence-electron chi connectivity index (χ3n) is 3.78. The first-order chi connectivity index (χ1) is 11.9. The molecule has 0 unspecified atom stereocenters. The Balaban J connectivity index is 1.71. The fourth-order valence-corrected chi connectivity index (χ4v) is 3.36. The fourth-order valence-electron chi connectivity index (χ4n) is 2.71. The van der Waals surface area contributed by atoms with E-state index in [0.29, 0.717) is 17.2 Å². The number of hydrogen-bond donors (Lipinski definition) is 1. The number of nitrogen functional groups attached to an aromatic ring is 1. The van der Waals surface area contributed by atoms with Crippen molar-refractivity contribution in [1.29, 1.82) is 0 Å². The zero-order valence-corrected chi connectivity index (χ0v) is 13.4. The highest BCUT2D eigenvalue weighted by Crippen LogP contribution is 2.39. The van der Waals surface area contributed by atoms with Crippen molar-refractivity contribution in [2.24, 2.45) is 0 Å². The molecule has 1 aromatic carbocycles. The van der Waals surface area contributed by atoms with Crippen LogP contribution in [0, 0.1) is 0 Å². The summed E-state index contributed by atoms with van der Waals surface area (Å²) >= 11 is 1.46. The number of nitrogens with zero attached hydrogens (tertiary/aromatic N) is 3. The number of aromatic nitrogens is 3. The maximum Gasteiger partial charge on any atom is 0.419 e. The van der Waals surface area contributed by atoms with Gasteiger partial charge in [0.15, 0.2) is 5.82 Å². The highest BCUT2D eigenvalue weighted by Gasteiger charge is 2.35. The summed E-state index contributed by atoms with van der Waals surface area (Å²) in [5, 5.41) is 5.84. The fraction of sp³-hybridized carbons (Fsp3) is 0.125. The quantitative estimate of drug-likeness (QED) is 0.547. The summed E-state index contributed by atoms with van der Waals surface area (Å²) in [5.74, 6) is 0.771. The molecule has 5 nitrogen and oxygen atoms in total. The number of anilines is 1. The van der Waals surface area contributed by atoms with E-state index < -0.39 is 11.7 Å². The molecule has 9 heteroatoms. The predicted octanol–water partition coefficient (Wildman–Crippen LogP) is 4.40. The van der Waals surface area contributed by atoms with Crippen LogP contribution in [-0.4, -0.2) is 14.7 Å². The van der Waals surface area contributed by atoms with Crippen LogP contribution < -0.4 is 5.73 Å². The number of halogens is 3. The number of rotatable bonds is 3. The third kappa shape index (κ3) is 2.76. The summed E-state index contributed by atoms with van der Waals surface area (Å²) in [6.45, 7) is 0.194. The standard InChI is InChI=1S/C16H11F3N4OS/c17-16(18,19)14-9-5-6-23(11(9)4-3-10(14)20)8-13-21-15(24-22-13)12-2-1-7-25-12/h1-7H,8,20H2. The Labute approximate surface area is 143 Å². The molecule has 0 atom stereocenters. The second-order valence-corrected chi connectivity index (χ2v) is 6.34. The average molecular weight is 364 g/mol. The maximum atomic E-state index is 13.2. The van der Waals surface area contributed by atoms with Crippen molar-refractivity contribution in [3.05, 3.63) is 53.3 Å². The molecule has 4 aromatic rings. The zero-order valence-electron chi connectivity index (χ0n) is 12.6. The number of hydrogen-bond acceptors (Lipinski definition) is 5. The van der Waals surface area contributed by atoms with E-state index in [2.05, 4.69) is 10.1 Å².